The fraction of sp³-hybridized carbons (Fsp3) is 0.409. The maximum atomic E-state index is 11.2. The van der Waals surface area contributed by atoms with Gasteiger partial charge >= 0.3 is 0 Å². The molecule has 1 unspecified atom stereocenters. The van der Waals surface area contributed by atoms with E-state index in [9.17, 15) is 4.79 Å². The van der Waals surface area contributed by atoms with E-state index < -0.39 is 5.91 Å². The molecule has 1 atom stereocenters. The molecule has 1 amide bonds. The second-order valence-electron chi connectivity index (χ2n) is 8.12. The van der Waals surface area contributed by atoms with Gasteiger partial charge in [-0.05, 0) is 54.4 Å². The zero-order valence-corrected chi connectivity index (χ0v) is 17.2. The molecule has 0 saturated heterocycles. The number of pyridine rings is 1. The van der Waals surface area contributed by atoms with Crippen LogP contribution in [-0.4, -0.2) is 28.8 Å². The van der Waals surface area contributed by atoms with Gasteiger partial charge in [0.2, 0.25) is 0 Å². The minimum atomic E-state index is -0.437. The molecule has 2 heterocycles. The molecule has 0 bridgehead atoms. The molecule has 3 rings (SSSR count). The van der Waals surface area contributed by atoms with Crippen LogP contribution in [0.25, 0.3) is 11.0 Å². The number of amidine groups is 1. The van der Waals surface area contributed by atoms with Crippen LogP contribution < -0.4 is 11.5 Å². The summed E-state index contributed by atoms with van der Waals surface area (Å²) in [7, 11) is 1.64. The molecule has 2 aromatic heterocycles. The number of allylic oxidation sites excluding steroid dienone is 2. The molecule has 5 N–H and O–H groups in total. The number of nitrogens with zero attached hydrogens (tertiary/aromatic N) is 2. The summed E-state index contributed by atoms with van der Waals surface area (Å²) in [5.74, 6) is 0.762. The highest BCUT2D eigenvalue weighted by molar-refractivity contribution is 5.96. The van der Waals surface area contributed by atoms with E-state index >= 15 is 0 Å². The van der Waals surface area contributed by atoms with Crippen molar-refractivity contribution in [3.05, 3.63) is 53.9 Å². The van der Waals surface area contributed by atoms with Gasteiger partial charge in [-0.3, -0.25) is 14.8 Å². The van der Waals surface area contributed by atoms with Crippen LogP contribution in [0, 0.1) is 11.3 Å². The molecule has 1 aliphatic rings. The van der Waals surface area contributed by atoms with E-state index in [1.54, 1.807) is 31.3 Å². The first-order valence-electron chi connectivity index (χ1n) is 9.48. The monoisotopic (exact) mass is 387 g/mol. The largest absolute Gasteiger partial charge is 0.384 e. The van der Waals surface area contributed by atoms with Crippen molar-refractivity contribution in [2.45, 2.75) is 40.0 Å². The number of aryl methyl sites for hydroxylation is 1. The number of nitrogens with two attached hydrogens (primary N) is 2. The Bertz CT molecular complexity index is 929. The Labute approximate surface area is 171 Å². The first kappa shape index (κ1) is 21.4. The number of H-pyrrole nitrogens is 1. The Kier molecular flexibility index (Phi) is 6.78. The molecular weight excluding hydrogens is 350 g/mol. The number of hydrogen-bond acceptors (Lipinski definition) is 3. The van der Waals surface area contributed by atoms with Crippen molar-refractivity contribution in [1.29, 1.82) is 0 Å². The van der Waals surface area contributed by atoms with Crippen LogP contribution in [0.1, 0.15) is 53.2 Å². The molecule has 6 heteroatoms. The second kappa shape index (κ2) is 8.87. The minimum Gasteiger partial charge on any atom is -0.384 e. The van der Waals surface area contributed by atoms with Crippen molar-refractivity contribution in [2.75, 3.05) is 7.05 Å². The van der Waals surface area contributed by atoms with Crippen LogP contribution in [0.15, 0.2) is 41.9 Å². The molecular formula is C22H37N5O. The highest BCUT2D eigenvalue weighted by atomic mass is 16.1. The SMILES string of the molecule is C=C/C=C\C(N)=NC.CC(C)(C)C1CCc2nc3cc(C(N)=O)[nH]c3cc2C1.[HH].[HH].[HH]. The fourth-order valence-electron chi connectivity index (χ4n) is 3.32. The first-order valence-corrected chi connectivity index (χ1v) is 9.48. The van der Waals surface area contributed by atoms with Crippen LogP contribution in [-0.2, 0) is 12.8 Å². The van der Waals surface area contributed by atoms with Crippen LogP contribution in [0.5, 0.6) is 0 Å². The third kappa shape index (κ3) is 5.31. The van der Waals surface area contributed by atoms with E-state index in [1.165, 1.54) is 17.7 Å². The number of amides is 1. The highest BCUT2D eigenvalue weighted by Gasteiger charge is 2.29. The summed E-state index contributed by atoms with van der Waals surface area (Å²) in [4.78, 5) is 22.7. The number of aromatic amines is 1. The van der Waals surface area contributed by atoms with Gasteiger partial charge in [0.05, 0.1) is 11.0 Å². The molecule has 2 aromatic rings. The molecule has 0 aromatic carbocycles. The van der Waals surface area contributed by atoms with E-state index in [4.69, 9.17) is 16.5 Å². The van der Waals surface area contributed by atoms with Crippen LogP contribution in [0.3, 0.4) is 0 Å². The number of aromatic nitrogens is 2. The average molecular weight is 388 g/mol. The quantitative estimate of drug-likeness (QED) is 0.415. The lowest BCUT2D eigenvalue weighted by atomic mass is 9.71. The summed E-state index contributed by atoms with van der Waals surface area (Å²) in [6.07, 6.45) is 8.34. The molecule has 28 heavy (non-hydrogen) atoms. The Balaban J connectivity index is 0. The molecule has 6 nitrogen and oxygen atoms in total. The van der Waals surface area contributed by atoms with Gasteiger partial charge in [0.15, 0.2) is 0 Å². The summed E-state index contributed by atoms with van der Waals surface area (Å²) in [6.45, 7) is 10.4. The smallest absolute Gasteiger partial charge is 0.265 e. The van der Waals surface area contributed by atoms with Gasteiger partial charge in [0.1, 0.15) is 11.5 Å². The Morgan fingerprint density at radius 2 is 2.11 bits per heavy atom. The van der Waals surface area contributed by atoms with Crippen LogP contribution in [0.2, 0.25) is 0 Å². The van der Waals surface area contributed by atoms with E-state index in [0.29, 0.717) is 22.9 Å². The summed E-state index contributed by atoms with van der Waals surface area (Å²) in [6, 6.07) is 3.88. The lowest BCUT2D eigenvalue weighted by Crippen LogP contribution is -2.27. The molecule has 0 saturated carbocycles. The van der Waals surface area contributed by atoms with Crippen LogP contribution >= 0.6 is 0 Å². The summed E-state index contributed by atoms with van der Waals surface area (Å²) >= 11 is 0. The zero-order valence-electron chi connectivity index (χ0n) is 17.2. The van der Waals surface area contributed by atoms with Gasteiger partial charge in [0, 0.05) is 17.0 Å². The van der Waals surface area contributed by atoms with Crippen molar-refractivity contribution in [3.63, 3.8) is 0 Å². The van der Waals surface area contributed by atoms with E-state index in [-0.39, 0.29) is 4.28 Å². The number of hydrogen-bond donors (Lipinski definition) is 3. The number of rotatable bonds is 3. The van der Waals surface area contributed by atoms with Gasteiger partial charge in [-0.15, -0.1) is 0 Å². The van der Waals surface area contributed by atoms with Gasteiger partial charge in [-0.2, -0.15) is 0 Å². The number of carbonyl (C=O) groups excluding carboxylic acids is 1. The number of primary amides is 1. The third-order valence-electron chi connectivity index (χ3n) is 5.12. The summed E-state index contributed by atoms with van der Waals surface area (Å²) in [5.41, 5.74) is 15.6. The van der Waals surface area contributed by atoms with Gasteiger partial charge < -0.3 is 16.5 Å². The van der Waals surface area contributed by atoms with E-state index in [1.807, 2.05) is 0 Å². The topological polar surface area (TPSA) is 110 Å². The van der Waals surface area contributed by atoms with E-state index in [0.717, 1.165) is 23.9 Å². The highest BCUT2D eigenvalue weighted by Crippen LogP contribution is 2.37. The lowest BCUT2D eigenvalue weighted by molar-refractivity contribution is 0.0996. The number of nitrogens with one attached hydrogen (secondary N) is 1. The van der Waals surface area contributed by atoms with Crippen molar-refractivity contribution >= 4 is 22.8 Å². The van der Waals surface area contributed by atoms with Gasteiger partial charge in [-0.25, -0.2) is 0 Å². The number of aliphatic imine (C=N–C) groups is 1. The Hall–Kier alpha value is -2.89. The molecule has 0 spiro atoms. The molecule has 0 aliphatic heterocycles. The van der Waals surface area contributed by atoms with Gasteiger partial charge in [-0.1, -0.05) is 39.5 Å². The maximum Gasteiger partial charge on any atom is 0.265 e. The van der Waals surface area contributed by atoms with Crippen molar-refractivity contribution in [1.82, 2.24) is 9.97 Å². The Morgan fingerprint density at radius 1 is 1.39 bits per heavy atom. The van der Waals surface area contributed by atoms with Gasteiger partial charge in [0.25, 0.3) is 5.91 Å². The van der Waals surface area contributed by atoms with Crippen LogP contribution in [0.4, 0.5) is 0 Å². The predicted octanol–water partition coefficient (Wildman–Crippen LogP) is 4.27. The minimum absolute atomic E-state index is 0. The average Bonchev–Trinajstić information content (AvgIpc) is 3.06. The molecule has 0 fully saturated rings. The van der Waals surface area contributed by atoms with Crippen molar-refractivity contribution in [2.24, 2.45) is 27.8 Å². The molecule has 0 radical (unpaired) electrons. The molecule has 156 valence electrons. The van der Waals surface area contributed by atoms with Crippen molar-refractivity contribution in [3.8, 4) is 0 Å². The third-order valence-corrected chi connectivity index (χ3v) is 5.12. The number of carbonyl (C=O) groups is 1. The predicted molar refractivity (Wildman–Crippen MR) is 123 cm³/mol. The number of fused-ring (bicyclic) bond motifs is 2. The van der Waals surface area contributed by atoms with Crippen molar-refractivity contribution < 1.29 is 9.07 Å². The van der Waals surface area contributed by atoms with E-state index in [2.05, 4.69) is 43.4 Å². The standard InChI is InChI=1S/C16H21N3O.C6H10N2.3H2/c1-16(2,3)10-4-5-11-9(6-10)7-12-13(18-11)8-14(19-12)15(17)20;1-3-4-5-6(7)8-2;;;/h7-8,10,19H,4-6H2,1-3H3,(H2,17,20);3-5H,1H2,2H3,(H2,7,8);3*1H/b;5-4-;;;. The summed E-state index contributed by atoms with van der Waals surface area (Å²) < 4.78 is 0. The summed E-state index contributed by atoms with van der Waals surface area (Å²) in [5, 5.41) is 0. The molecule has 1 aliphatic carbocycles. The normalized spacial score (nSPS) is 17.1. The Morgan fingerprint density at radius 3 is 2.68 bits per heavy atom. The fourth-order valence-corrected chi connectivity index (χ4v) is 3.32. The first-order chi connectivity index (χ1) is 13.2. The maximum absolute atomic E-state index is 11.2. The second-order valence-corrected chi connectivity index (χ2v) is 8.12. The lowest BCUT2D eigenvalue weighted by Gasteiger charge is -2.34. The zero-order chi connectivity index (χ0) is 20.9.